The minimum absolute atomic E-state index is 0.0897. The van der Waals surface area contributed by atoms with Gasteiger partial charge in [-0.2, -0.15) is 4.31 Å². The molecule has 1 aliphatic heterocycles. The number of aldehydes is 1. The summed E-state index contributed by atoms with van der Waals surface area (Å²) in [7, 11) is -3.93. The summed E-state index contributed by atoms with van der Waals surface area (Å²) >= 11 is 11.3. The minimum Gasteiger partial charge on any atom is -0.303 e. The largest absolute Gasteiger partial charge is 0.303 e. The lowest BCUT2D eigenvalue weighted by Crippen LogP contribution is -2.40. The Morgan fingerprint density at radius 1 is 1.35 bits per heavy atom. The molecule has 1 fully saturated rings. The molecule has 1 atom stereocenters. The third-order valence-corrected chi connectivity index (χ3v) is 5.91. The lowest BCUT2D eigenvalue weighted by atomic mass is 10.0. The zero-order valence-corrected chi connectivity index (χ0v) is 12.7. The van der Waals surface area contributed by atoms with E-state index >= 15 is 0 Å². The monoisotopic (exact) mass is 339 g/mol. The van der Waals surface area contributed by atoms with Crippen molar-refractivity contribution < 1.29 is 17.6 Å². The Labute approximate surface area is 126 Å². The van der Waals surface area contributed by atoms with Crippen molar-refractivity contribution in [2.75, 3.05) is 13.1 Å². The van der Waals surface area contributed by atoms with Crippen molar-refractivity contribution in [3.8, 4) is 0 Å². The first kappa shape index (κ1) is 15.7. The molecule has 0 radical (unpaired) electrons. The van der Waals surface area contributed by atoms with Gasteiger partial charge in [0.2, 0.25) is 10.0 Å². The normalized spacial score (nSPS) is 20.9. The molecule has 0 bridgehead atoms. The highest BCUT2D eigenvalue weighted by atomic mass is 35.5. The Hall–Kier alpha value is -0.690. The van der Waals surface area contributed by atoms with Crippen molar-refractivity contribution in [3.05, 3.63) is 28.0 Å². The van der Waals surface area contributed by atoms with Crippen molar-refractivity contribution in [2.24, 2.45) is 5.92 Å². The summed E-state index contributed by atoms with van der Waals surface area (Å²) < 4.78 is 39.7. The van der Waals surface area contributed by atoms with Crippen LogP contribution in [0.2, 0.25) is 10.0 Å². The topological polar surface area (TPSA) is 54.5 Å². The van der Waals surface area contributed by atoms with Crippen LogP contribution in [0.1, 0.15) is 12.8 Å². The molecule has 4 nitrogen and oxygen atoms in total. The molecule has 0 aliphatic carbocycles. The molecule has 110 valence electrons. The Kier molecular flexibility index (Phi) is 4.69. The molecule has 1 unspecified atom stereocenters. The number of hydrogen-bond donors (Lipinski definition) is 0. The van der Waals surface area contributed by atoms with E-state index in [0.29, 0.717) is 12.8 Å². The van der Waals surface area contributed by atoms with Gasteiger partial charge in [0, 0.05) is 19.0 Å². The smallest absolute Gasteiger partial charge is 0.244 e. The molecule has 1 heterocycles. The molecule has 0 spiro atoms. The van der Waals surface area contributed by atoms with Gasteiger partial charge in [-0.25, -0.2) is 12.8 Å². The van der Waals surface area contributed by atoms with E-state index in [1.807, 2.05) is 0 Å². The van der Waals surface area contributed by atoms with E-state index in [1.54, 1.807) is 0 Å². The molecular formula is C12H12Cl2FNO3S. The van der Waals surface area contributed by atoms with E-state index in [1.165, 1.54) is 6.07 Å². The van der Waals surface area contributed by atoms with Gasteiger partial charge >= 0.3 is 0 Å². The van der Waals surface area contributed by atoms with Crippen LogP contribution in [0.3, 0.4) is 0 Å². The predicted octanol–water partition coefficient (Wildman–Crippen LogP) is 2.73. The zero-order valence-electron chi connectivity index (χ0n) is 10.4. The Morgan fingerprint density at radius 2 is 2.05 bits per heavy atom. The fourth-order valence-electron chi connectivity index (χ4n) is 2.15. The van der Waals surface area contributed by atoms with Crippen molar-refractivity contribution in [2.45, 2.75) is 17.7 Å². The van der Waals surface area contributed by atoms with Gasteiger partial charge < -0.3 is 4.79 Å². The minimum atomic E-state index is -3.93. The lowest BCUT2D eigenvalue weighted by Gasteiger charge is -2.29. The molecule has 8 heteroatoms. The maximum atomic E-state index is 13.6. The third kappa shape index (κ3) is 2.83. The SMILES string of the molecule is O=CC1CCCN(S(=O)(=O)c2ccc(Cl)c(F)c2Cl)C1. The van der Waals surface area contributed by atoms with Gasteiger partial charge in [-0.3, -0.25) is 0 Å². The Morgan fingerprint density at radius 3 is 2.70 bits per heavy atom. The number of carbonyl (C=O) groups excluding carboxylic acids is 1. The first-order valence-electron chi connectivity index (χ1n) is 5.97. The molecule has 0 saturated carbocycles. The van der Waals surface area contributed by atoms with Gasteiger partial charge in [-0.15, -0.1) is 0 Å². The second-order valence-electron chi connectivity index (χ2n) is 4.57. The van der Waals surface area contributed by atoms with Crippen molar-refractivity contribution >= 4 is 39.5 Å². The second kappa shape index (κ2) is 5.97. The number of sulfonamides is 1. The van der Waals surface area contributed by atoms with Crippen LogP contribution in [0.5, 0.6) is 0 Å². The summed E-state index contributed by atoms with van der Waals surface area (Å²) in [4.78, 5) is 10.5. The molecule has 1 aromatic carbocycles. The van der Waals surface area contributed by atoms with Crippen LogP contribution >= 0.6 is 23.2 Å². The second-order valence-corrected chi connectivity index (χ2v) is 7.27. The van der Waals surface area contributed by atoms with Crippen LogP contribution in [0.4, 0.5) is 4.39 Å². The average Bonchev–Trinajstić information content (AvgIpc) is 2.44. The Balaban J connectivity index is 2.40. The van der Waals surface area contributed by atoms with E-state index in [2.05, 4.69) is 0 Å². The third-order valence-electron chi connectivity index (χ3n) is 3.23. The molecule has 0 aromatic heterocycles. The quantitative estimate of drug-likeness (QED) is 0.628. The molecular weight excluding hydrogens is 328 g/mol. The fraction of sp³-hybridized carbons (Fsp3) is 0.417. The number of nitrogens with zero attached hydrogens (tertiary/aromatic N) is 1. The number of rotatable bonds is 3. The van der Waals surface area contributed by atoms with Crippen LogP contribution in [-0.4, -0.2) is 32.1 Å². The molecule has 1 saturated heterocycles. The first-order chi connectivity index (χ1) is 9.37. The first-order valence-corrected chi connectivity index (χ1v) is 8.16. The standard InChI is InChI=1S/C12H12Cl2FNO3S/c13-9-3-4-10(11(14)12(9)15)20(18,19)16-5-1-2-8(6-16)7-17/h3-4,7-8H,1-2,5-6H2. The van der Waals surface area contributed by atoms with Gasteiger partial charge in [0.1, 0.15) is 11.2 Å². The molecule has 1 aliphatic rings. The van der Waals surface area contributed by atoms with Crippen LogP contribution < -0.4 is 0 Å². The van der Waals surface area contributed by atoms with Crippen LogP contribution in [-0.2, 0) is 14.8 Å². The zero-order chi connectivity index (χ0) is 14.9. The van der Waals surface area contributed by atoms with E-state index < -0.39 is 20.9 Å². The number of halogens is 3. The summed E-state index contributed by atoms with van der Waals surface area (Å²) in [5, 5.41) is -0.760. The van der Waals surface area contributed by atoms with Crippen molar-refractivity contribution in [1.29, 1.82) is 0 Å². The molecule has 1 aromatic rings. The average molecular weight is 340 g/mol. The maximum absolute atomic E-state index is 13.6. The van der Waals surface area contributed by atoms with E-state index in [9.17, 15) is 17.6 Å². The van der Waals surface area contributed by atoms with Crippen LogP contribution in [0, 0.1) is 11.7 Å². The van der Waals surface area contributed by atoms with E-state index in [0.717, 1.165) is 16.7 Å². The number of benzene rings is 1. The fourth-order valence-corrected chi connectivity index (χ4v) is 4.40. The molecule has 2 rings (SSSR count). The predicted molar refractivity (Wildman–Crippen MR) is 74.0 cm³/mol. The van der Waals surface area contributed by atoms with E-state index in [-0.39, 0.29) is 28.9 Å². The summed E-state index contributed by atoms with van der Waals surface area (Å²) in [6, 6.07) is 2.32. The van der Waals surface area contributed by atoms with Gasteiger partial charge in [-0.1, -0.05) is 23.2 Å². The van der Waals surface area contributed by atoms with Crippen LogP contribution in [0.15, 0.2) is 17.0 Å². The Bertz CT molecular complexity index is 636. The summed E-state index contributed by atoms with van der Waals surface area (Å²) in [5.41, 5.74) is 0. The summed E-state index contributed by atoms with van der Waals surface area (Å²) in [6.45, 7) is 0.375. The summed E-state index contributed by atoms with van der Waals surface area (Å²) in [5.74, 6) is -1.30. The summed E-state index contributed by atoms with van der Waals surface area (Å²) in [6.07, 6.45) is 1.97. The van der Waals surface area contributed by atoms with Crippen molar-refractivity contribution in [1.82, 2.24) is 4.31 Å². The molecule has 0 N–H and O–H groups in total. The van der Waals surface area contributed by atoms with Crippen LogP contribution in [0.25, 0.3) is 0 Å². The van der Waals surface area contributed by atoms with Gasteiger partial charge in [-0.05, 0) is 25.0 Å². The highest BCUT2D eigenvalue weighted by molar-refractivity contribution is 7.89. The number of carbonyl (C=O) groups is 1. The molecule has 0 amide bonds. The van der Waals surface area contributed by atoms with Gasteiger partial charge in [0.15, 0.2) is 5.82 Å². The number of piperidine rings is 1. The lowest BCUT2D eigenvalue weighted by molar-refractivity contribution is -0.112. The number of hydrogen-bond acceptors (Lipinski definition) is 3. The highest BCUT2D eigenvalue weighted by Gasteiger charge is 2.32. The van der Waals surface area contributed by atoms with Gasteiger partial charge in [0.25, 0.3) is 0 Å². The highest BCUT2D eigenvalue weighted by Crippen LogP contribution is 2.32. The van der Waals surface area contributed by atoms with E-state index in [4.69, 9.17) is 23.2 Å². The van der Waals surface area contributed by atoms with Gasteiger partial charge in [0.05, 0.1) is 10.0 Å². The van der Waals surface area contributed by atoms with Crippen molar-refractivity contribution in [3.63, 3.8) is 0 Å². The maximum Gasteiger partial charge on any atom is 0.244 e. The molecule has 20 heavy (non-hydrogen) atoms.